The van der Waals surface area contributed by atoms with Crippen molar-refractivity contribution in [3.05, 3.63) is 17.4 Å². The normalized spacial score (nSPS) is 10.2. The number of pyridine rings is 1. The molecule has 0 aliphatic heterocycles. The molecular formula is C8H11ClN2OS. The summed E-state index contributed by atoms with van der Waals surface area (Å²) in [7, 11) is 1.52. The Morgan fingerprint density at radius 2 is 2.23 bits per heavy atom. The molecule has 0 N–H and O–H groups in total. The second kappa shape index (κ2) is 4.58. The van der Waals surface area contributed by atoms with E-state index >= 15 is 0 Å². The molecule has 1 aromatic rings. The van der Waals surface area contributed by atoms with Crippen LogP contribution in [0.4, 0.5) is 5.69 Å². The van der Waals surface area contributed by atoms with Gasteiger partial charge in [-0.2, -0.15) is 0 Å². The van der Waals surface area contributed by atoms with E-state index in [2.05, 4.69) is 9.35 Å². The molecule has 0 aliphatic carbocycles. The summed E-state index contributed by atoms with van der Waals surface area (Å²) in [5.74, 6) is 0.668. The van der Waals surface area contributed by atoms with Crippen LogP contribution in [0.3, 0.4) is 0 Å². The Hall–Kier alpha value is -0.610. The van der Waals surface area contributed by atoms with Crippen LogP contribution in [0.5, 0.6) is 5.75 Å². The molecular weight excluding hydrogens is 208 g/mol. The van der Waals surface area contributed by atoms with E-state index in [4.69, 9.17) is 16.3 Å². The van der Waals surface area contributed by atoms with Crippen LogP contribution in [0.25, 0.3) is 0 Å². The molecule has 0 aliphatic rings. The molecule has 0 saturated carbocycles. The SMILES string of the molecule is COc1ccnc(Cl)c1N=S(C)C. The Labute approximate surface area is 85.2 Å². The smallest absolute Gasteiger partial charge is 0.159 e. The van der Waals surface area contributed by atoms with Crippen molar-refractivity contribution >= 4 is 28.0 Å². The average Bonchev–Trinajstić information content (AvgIpc) is 2.08. The first-order valence-electron chi connectivity index (χ1n) is 3.63. The van der Waals surface area contributed by atoms with Gasteiger partial charge in [0.05, 0.1) is 7.11 Å². The van der Waals surface area contributed by atoms with Gasteiger partial charge in [-0.1, -0.05) is 11.6 Å². The number of hydrogen-bond acceptors (Lipinski definition) is 3. The molecule has 0 unspecified atom stereocenters. The molecule has 13 heavy (non-hydrogen) atoms. The van der Waals surface area contributed by atoms with Crippen molar-refractivity contribution in [2.45, 2.75) is 0 Å². The monoisotopic (exact) mass is 218 g/mol. The van der Waals surface area contributed by atoms with Gasteiger partial charge in [-0.05, 0) is 12.5 Å². The lowest BCUT2D eigenvalue weighted by atomic mass is 10.4. The second-order valence-corrected chi connectivity index (χ2v) is 4.60. The van der Waals surface area contributed by atoms with E-state index in [9.17, 15) is 0 Å². The Kier molecular flexibility index (Phi) is 3.69. The van der Waals surface area contributed by atoms with E-state index in [1.807, 2.05) is 12.5 Å². The van der Waals surface area contributed by atoms with E-state index in [1.165, 1.54) is 0 Å². The first kappa shape index (κ1) is 10.5. The maximum Gasteiger partial charge on any atom is 0.159 e. The van der Waals surface area contributed by atoms with Crippen LogP contribution in [-0.4, -0.2) is 24.6 Å². The highest BCUT2D eigenvalue weighted by molar-refractivity contribution is 7.85. The van der Waals surface area contributed by atoms with Crippen LogP contribution in [0.2, 0.25) is 5.15 Å². The first-order valence-corrected chi connectivity index (χ1v) is 6.00. The quantitative estimate of drug-likeness (QED) is 0.715. The predicted molar refractivity (Wildman–Crippen MR) is 57.1 cm³/mol. The molecule has 0 aromatic carbocycles. The third-order valence-corrected chi connectivity index (χ3v) is 2.16. The van der Waals surface area contributed by atoms with Crippen LogP contribution in [-0.2, 0) is 10.7 Å². The van der Waals surface area contributed by atoms with Crippen molar-refractivity contribution in [3.8, 4) is 5.75 Å². The minimum absolute atomic E-state index is 0.0681. The Balaban J connectivity index is 3.23. The number of aromatic nitrogens is 1. The highest BCUT2D eigenvalue weighted by Crippen LogP contribution is 2.33. The fraction of sp³-hybridized carbons (Fsp3) is 0.375. The van der Waals surface area contributed by atoms with Gasteiger partial charge in [0.1, 0.15) is 11.4 Å². The van der Waals surface area contributed by atoms with Gasteiger partial charge in [0, 0.05) is 12.3 Å². The minimum Gasteiger partial charge on any atom is -0.494 e. The minimum atomic E-state index is -0.0681. The molecule has 0 saturated heterocycles. The summed E-state index contributed by atoms with van der Waals surface area (Å²) in [4.78, 5) is 3.94. The summed E-state index contributed by atoms with van der Waals surface area (Å²) in [5, 5.41) is 0.389. The predicted octanol–water partition coefficient (Wildman–Crippen LogP) is 2.44. The highest BCUT2D eigenvalue weighted by Gasteiger charge is 2.06. The third kappa shape index (κ3) is 2.67. The van der Waals surface area contributed by atoms with E-state index in [-0.39, 0.29) is 10.7 Å². The molecule has 0 amide bonds. The lowest BCUT2D eigenvalue weighted by Crippen LogP contribution is -1.87. The number of halogens is 1. The summed E-state index contributed by atoms with van der Waals surface area (Å²) in [6.45, 7) is 0. The average molecular weight is 219 g/mol. The Morgan fingerprint density at radius 3 is 2.77 bits per heavy atom. The molecule has 0 atom stereocenters. The van der Waals surface area contributed by atoms with Crippen LogP contribution in [0, 0.1) is 0 Å². The summed E-state index contributed by atoms with van der Waals surface area (Å²) in [6, 6.07) is 1.75. The topological polar surface area (TPSA) is 34.5 Å². The van der Waals surface area contributed by atoms with E-state index in [1.54, 1.807) is 19.4 Å². The summed E-state index contributed by atoms with van der Waals surface area (Å²) in [6.07, 6.45) is 5.61. The van der Waals surface area contributed by atoms with Gasteiger partial charge in [0.2, 0.25) is 0 Å². The fourth-order valence-electron chi connectivity index (χ4n) is 0.842. The number of ether oxygens (including phenoxy) is 1. The van der Waals surface area contributed by atoms with Gasteiger partial charge in [-0.15, -0.1) is 10.7 Å². The van der Waals surface area contributed by atoms with Gasteiger partial charge >= 0.3 is 0 Å². The Morgan fingerprint density at radius 1 is 1.54 bits per heavy atom. The standard InChI is InChI=1S/C8H11ClN2OS/c1-12-6-4-5-10-8(9)7(6)11-13(2)3/h4-5H,1-3H3. The molecule has 0 bridgehead atoms. The lowest BCUT2D eigenvalue weighted by Gasteiger charge is -2.04. The zero-order valence-electron chi connectivity index (χ0n) is 7.74. The highest BCUT2D eigenvalue weighted by atomic mass is 35.5. The van der Waals surface area contributed by atoms with Gasteiger partial charge in [-0.25, -0.2) is 9.35 Å². The zero-order valence-corrected chi connectivity index (χ0v) is 9.32. The third-order valence-electron chi connectivity index (χ3n) is 1.34. The van der Waals surface area contributed by atoms with Crippen LogP contribution >= 0.6 is 11.6 Å². The summed E-state index contributed by atoms with van der Waals surface area (Å²) < 4.78 is 9.45. The van der Waals surface area contributed by atoms with Crippen molar-refractivity contribution in [2.24, 2.45) is 4.36 Å². The van der Waals surface area contributed by atoms with Gasteiger partial charge < -0.3 is 4.74 Å². The van der Waals surface area contributed by atoms with Crippen LogP contribution in [0.1, 0.15) is 0 Å². The van der Waals surface area contributed by atoms with Gasteiger partial charge in [0.25, 0.3) is 0 Å². The summed E-state index contributed by atoms with van der Waals surface area (Å²) >= 11 is 5.87. The van der Waals surface area contributed by atoms with Gasteiger partial charge in [-0.3, -0.25) is 0 Å². The number of rotatable bonds is 2. The number of hydrogen-bond donors (Lipinski definition) is 0. The molecule has 72 valence electrons. The zero-order chi connectivity index (χ0) is 9.84. The molecule has 0 fully saturated rings. The number of methoxy groups -OCH3 is 1. The molecule has 3 nitrogen and oxygen atoms in total. The van der Waals surface area contributed by atoms with Crippen molar-refractivity contribution in [1.29, 1.82) is 0 Å². The molecule has 1 rings (SSSR count). The fourth-order valence-corrected chi connectivity index (χ4v) is 1.63. The van der Waals surface area contributed by atoms with E-state index < -0.39 is 0 Å². The largest absolute Gasteiger partial charge is 0.494 e. The van der Waals surface area contributed by atoms with Crippen molar-refractivity contribution in [1.82, 2.24) is 4.98 Å². The van der Waals surface area contributed by atoms with E-state index in [0.717, 1.165) is 0 Å². The maximum atomic E-state index is 5.87. The maximum absolute atomic E-state index is 5.87. The number of nitrogens with zero attached hydrogens (tertiary/aromatic N) is 2. The van der Waals surface area contributed by atoms with Crippen LogP contribution < -0.4 is 4.74 Å². The molecule has 0 spiro atoms. The van der Waals surface area contributed by atoms with Crippen LogP contribution in [0.15, 0.2) is 16.6 Å². The second-order valence-electron chi connectivity index (χ2n) is 2.52. The first-order chi connectivity index (χ1) is 6.15. The van der Waals surface area contributed by atoms with Crippen molar-refractivity contribution in [3.63, 3.8) is 0 Å². The van der Waals surface area contributed by atoms with Crippen molar-refractivity contribution in [2.75, 3.05) is 19.6 Å². The van der Waals surface area contributed by atoms with Crippen molar-refractivity contribution < 1.29 is 4.74 Å². The Bertz CT molecular complexity index is 337. The molecule has 1 aromatic heterocycles. The molecule has 0 radical (unpaired) electrons. The molecule has 5 heteroatoms. The summed E-state index contributed by atoms with van der Waals surface area (Å²) in [5.41, 5.74) is 0.639. The van der Waals surface area contributed by atoms with Gasteiger partial charge in [0.15, 0.2) is 5.15 Å². The molecule has 1 heterocycles. The lowest BCUT2D eigenvalue weighted by molar-refractivity contribution is 0.416. The van der Waals surface area contributed by atoms with E-state index in [0.29, 0.717) is 16.6 Å².